The lowest BCUT2D eigenvalue weighted by Gasteiger charge is -2.30. The number of nitrogens with two attached hydrogens (primary N) is 1. The number of likely N-dealkylation sites (N-methyl/N-ethyl adjacent to an activating group) is 1. The Morgan fingerprint density at radius 2 is 2.10 bits per heavy atom. The van der Waals surface area contributed by atoms with E-state index in [1.807, 2.05) is 0 Å². The van der Waals surface area contributed by atoms with Crippen LogP contribution < -0.4 is 10.6 Å². The lowest BCUT2D eigenvalue weighted by Crippen LogP contribution is -2.34. The second-order valence-electron chi connectivity index (χ2n) is 5.42. The molecule has 0 saturated carbocycles. The molecule has 3 nitrogen and oxygen atoms in total. The van der Waals surface area contributed by atoms with Gasteiger partial charge in [0.05, 0.1) is 11.7 Å². The average molecular weight is 302 g/mol. The van der Waals surface area contributed by atoms with Gasteiger partial charge in [-0.05, 0) is 37.0 Å². The molecule has 1 saturated heterocycles. The third-order valence-corrected chi connectivity index (χ3v) is 3.76. The third kappa shape index (κ3) is 4.11. The first-order valence-electron chi connectivity index (χ1n) is 7.14. The van der Waals surface area contributed by atoms with Gasteiger partial charge in [-0.1, -0.05) is 6.07 Å². The summed E-state index contributed by atoms with van der Waals surface area (Å²) in [6.45, 7) is 1.25. The van der Waals surface area contributed by atoms with E-state index in [1.165, 1.54) is 6.07 Å². The van der Waals surface area contributed by atoms with Crippen LogP contribution in [0.5, 0.6) is 0 Å². The minimum absolute atomic E-state index is 0.000909. The molecule has 1 unspecified atom stereocenters. The number of benzene rings is 1. The molecule has 2 rings (SSSR count). The van der Waals surface area contributed by atoms with Crippen molar-refractivity contribution in [1.82, 2.24) is 0 Å². The number of hydrogen-bond donors (Lipinski definition) is 1. The predicted octanol–water partition coefficient (Wildman–Crippen LogP) is 3.17. The second kappa shape index (κ2) is 6.66. The number of anilines is 1. The van der Waals surface area contributed by atoms with Gasteiger partial charge in [0.1, 0.15) is 0 Å². The van der Waals surface area contributed by atoms with Crippen LogP contribution in [0.2, 0.25) is 0 Å². The molecule has 1 aromatic carbocycles. The molecule has 1 aliphatic heterocycles. The molecule has 118 valence electrons. The van der Waals surface area contributed by atoms with Crippen LogP contribution in [0.4, 0.5) is 18.9 Å². The Balaban J connectivity index is 2.20. The van der Waals surface area contributed by atoms with Gasteiger partial charge in [-0.3, -0.25) is 0 Å². The normalized spacial score (nSPS) is 19.6. The maximum atomic E-state index is 13.2. The van der Waals surface area contributed by atoms with Crippen molar-refractivity contribution in [3.63, 3.8) is 0 Å². The van der Waals surface area contributed by atoms with Crippen LogP contribution in [-0.4, -0.2) is 26.3 Å². The summed E-state index contributed by atoms with van der Waals surface area (Å²) in [5, 5.41) is 0. The fourth-order valence-corrected chi connectivity index (χ4v) is 2.63. The summed E-state index contributed by atoms with van der Waals surface area (Å²) < 4.78 is 45.2. The van der Waals surface area contributed by atoms with Crippen molar-refractivity contribution in [3.8, 4) is 0 Å². The molecule has 0 aromatic heterocycles. The largest absolute Gasteiger partial charge is 0.418 e. The van der Waals surface area contributed by atoms with E-state index in [2.05, 4.69) is 0 Å². The Kier molecular flexibility index (Phi) is 5.11. The van der Waals surface area contributed by atoms with E-state index in [4.69, 9.17) is 10.5 Å². The van der Waals surface area contributed by atoms with E-state index in [1.54, 1.807) is 18.0 Å². The molecule has 1 aromatic rings. The van der Waals surface area contributed by atoms with Crippen molar-refractivity contribution < 1.29 is 17.9 Å². The Hall–Kier alpha value is -1.27. The van der Waals surface area contributed by atoms with Gasteiger partial charge in [-0.2, -0.15) is 13.2 Å². The van der Waals surface area contributed by atoms with Gasteiger partial charge < -0.3 is 15.4 Å². The molecule has 0 spiro atoms. The number of rotatable bonds is 4. The number of hydrogen-bond acceptors (Lipinski definition) is 3. The van der Waals surface area contributed by atoms with Crippen LogP contribution in [0.3, 0.4) is 0 Å². The van der Waals surface area contributed by atoms with Gasteiger partial charge in [0, 0.05) is 32.4 Å². The first-order chi connectivity index (χ1) is 9.91. The summed E-state index contributed by atoms with van der Waals surface area (Å²) in [5.41, 5.74) is 5.46. The Morgan fingerprint density at radius 3 is 2.67 bits per heavy atom. The zero-order valence-corrected chi connectivity index (χ0v) is 12.1. The molecule has 6 heteroatoms. The number of alkyl halides is 3. The standard InChI is InChI=1S/C15H21F3N2O/c1-20(10-12-4-2-3-7-21-12)14-6-5-11(9-19)8-13(14)15(16,17)18/h5-6,8,12H,2-4,7,9-10,19H2,1H3. The smallest absolute Gasteiger partial charge is 0.376 e. The molecule has 1 aliphatic rings. The maximum absolute atomic E-state index is 13.2. The monoisotopic (exact) mass is 302 g/mol. The number of ether oxygens (including phenoxy) is 1. The van der Waals surface area contributed by atoms with Crippen molar-refractivity contribution in [2.75, 3.05) is 25.1 Å². The fourth-order valence-electron chi connectivity index (χ4n) is 2.63. The second-order valence-corrected chi connectivity index (χ2v) is 5.42. The third-order valence-electron chi connectivity index (χ3n) is 3.76. The van der Waals surface area contributed by atoms with Crippen molar-refractivity contribution in [3.05, 3.63) is 29.3 Å². The SMILES string of the molecule is CN(CC1CCCCO1)c1ccc(CN)cc1C(F)(F)F. The molecule has 21 heavy (non-hydrogen) atoms. The van der Waals surface area contributed by atoms with Crippen LogP contribution in [0.1, 0.15) is 30.4 Å². The van der Waals surface area contributed by atoms with Gasteiger partial charge in [0.2, 0.25) is 0 Å². The highest BCUT2D eigenvalue weighted by Gasteiger charge is 2.35. The minimum atomic E-state index is -4.39. The highest BCUT2D eigenvalue weighted by atomic mass is 19.4. The van der Waals surface area contributed by atoms with E-state index in [0.717, 1.165) is 25.3 Å². The Morgan fingerprint density at radius 1 is 1.33 bits per heavy atom. The molecule has 0 aliphatic carbocycles. The Bertz CT molecular complexity index is 470. The van der Waals surface area contributed by atoms with Crippen molar-refractivity contribution in [2.45, 2.75) is 38.1 Å². The van der Waals surface area contributed by atoms with Crippen molar-refractivity contribution in [1.29, 1.82) is 0 Å². The molecule has 1 atom stereocenters. The molecular weight excluding hydrogens is 281 g/mol. The summed E-state index contributed by atoms with van der Waals surface area (Å²) in [7, 11) is 1.67. The first kappa shape index (κ1) is 16.1. The number of halogens is 3. The highest BCUT2D eigenvalue weighted by Crippen LogP contribution is 2.37. The topological polar surface area (TPSA) is 38.5 Å². The van der Waals surface area contributed by atoms with Crippen LogP contribution >= 0.6 is 0 Å². The fraction of sp³-hybridized carbons (Fsp3) is 0.600. The molecular formula is C15H21F3N2O. The first-order valence-corrected chi connectivity index (χ1v) is 7.14. The summed E-state index contributed by atoms with van der Waals surface area (Å²) in [6.07, 6.45) is -1.40. The summed E-state index contributed by atoms with van der Waals surface area (Å²) in [4.78, 5) is 1.62. The molecule has 2 N–H and O–H groups in total. The van der Waals surface area contributed by atoms with E-state index >= 15 is 0 Å². The van der Waals surface area contributed by atoms with E-state index < -0.39 is 11.7 Å². The van der Waals surface area contributed by atoms with Crippen molar-refractivity contribution >= 4 is 5.69 Å². The van der Waals surface area contributed by atoms with Crippen LogP contribution in [-0.2, 0) is 17.5 Å². The summed E-state index contributed by atoms with van der Waals surface area (Å²) in [5.74, 6) is 0. The van der Waals surface area contributed by atoms with Crippen LogP contribution in [0.15, 0.2) is 18.2 Å². The van der Waals surface area contributed by atoms with E-state index in [0.29, 0.717) is 18.7 Å². The van der Waals surface area contributed by atoms with Gasteiger partial charge in [-0.25, -0.2) is 0 Å². The van der Waals surface area contributed by atoms with Gasteiger partial charge in [0.15, 0.2) is 0 Å². The summed E-state index contributed by atoms with van der Waals surface area (Å²) in [6, 6.07) is 4.27. The highest BCUT2D eigenvalue weighted by molar-refractivity contribution is 5.56. The van der Waals surface area contributed by atoms with E-state index in [-0.39, 0.29) is 18.3 Å². The predicted molar refractivity (Wildman–Crippen MR) is 76.2 cm³/mol. The lowest BCUT2D eigenvalue weighted by molar-refractivity contribution is -0.137. The van der Waals surface area contributed by atoms with Gasteiger partial charge in [0.25, 0.3) is 0 Å². The Labute approximate surface area is 122 Å². The molecule has 0 bridgehead atoms. The van der Waals surface area contributed by atoms with Crippen molar-refractivity contribution in [2.24, 2.45) is 5.73 Å². The maximum Gasteiger partial charge on any atom is 0.418 e. The van der Waals surface area contributed by atoms with Gasteiger partial charge in [-0.15, -0.1) is 0 Å². The number of nitrogens with zero attached hydrogens (tertiary/aromatic N) is 1. The summed E-state index contributed by atoms with van der Waals surface area (Å²) >= 11 is 0. The van der Waals surface area contributed by atoms with Gasteiger partial charge >= 0.3 is 6.18 Å². The molecule has 0 amide bonds. The average Bonchev–Trinajstić information content (AvgIpc) is 2.46. The quantitative estimate of drug-likeness (QED) is 0.928. The van der Waals surface area contributed by atoms with Crippen LogP contribution in [0.25, 0.3) is 0 Å². The lowest BCUT2D eigenvalue weighted by atomic mass is 10.1. The van der Waals surface area contributed by atoms with Crippen LogP contribution in [0, 0.1) is 0 Å². The zero-order chi connectivity index (χ0) is 15.5. The molecule has 1 heterocycles. The molecule has 0 radical (unpaired) electrons. The molecule has 1 fully saturated rings. The minimum Gasteiger partial charge on any atom is -0.376 e. The zero-order valence-electron chi connectivity index (χ0n) is 12.1. The van der Waals surface area contributed by atoms with E-state index in [9.17, 15) is 13.2 Å².